The quantitative estimate of drug-likeness (QED) is 0.524. The molecule has 1 aliphatic heterocycles. The molecule has 1 aliphatic rings. The van der Waals surface area contributed by atoms with Crippen LogP contribution in [-0.2, 0) is 19.4 Å². The molecule has 0 radical (unpaired) electrons. The smallest absolute Gasteiger partial charge is 0.307 e. The standard InChI is InChI=1S/C9H14O4S/c1-3-4-8(10)13-9-7(2)5-6-14(9,11)12/h5,9H,3-4,6H2,1-2H3. The Bertz CT molecular complexity index is 353. The first kappa shape index (κ1) is 11.2. The number of carbonyl (C=O) groups is 1. The summed E-state index contributed by atoms with van der Waals surface area (Å²) in [7, 11) is -3.29. The molecular weight excluding hydrogens is 204 g/mol. The van der Waals surface area contributed by atoms with E-state index in [9.17, 15) is 13.2 Å². The van der Waals surface area contributed by atoms with E-state index in [1.54, 1.807) is 13.0 Å². The fourth-order valence-corrected chi connectivity index (χ4v) is 2.85. The van der Waals surface area contributed by atoms with Crippen LogP contribution in [-0.4, -0.2) is 25.6 Å². The molecule has 0 saturated carbocycles. The molecule has 1 atom stereocenters. The Balaban J connectivity index is 2.68. The predicted octanol–water partition coefficient (Wildman–Crippen LogP) is 1.03. The molecule has 1 unspecified atom stereocenters. The Morgan fingerprint density at radius 1 is 1.64 bits per heavy atom. The van der Waals surface area contributed by atoms with Gasteiger partial charge in [-0.15, -0.1) is 0 Å². The van der Waals surface area contributed by atoms with Gasteiger partial charge in [0.15, 0.2) is 9.84 Å². The highest BCUT2D eigenvalue weighted by molar-refractivity contribution is 7.92. The number of esters is 1. The first-order valence-electron chi connectivity index (χ1n) is 4.55. The van der Waals surface area contributed by atoms with Crippen molar-refractivity contribution in [1.82, 2.24) is 0 Å². The van der Waals surface area contributed by atoms with Crippen LogP contribution in [0.3, 0.4) is 0 Å². The largest absolute Gasteiger partial charge is 0.441 e. The molecule has 1 heterocycles. The van der Waals surface area contributed by atoms with Crippen molar-refractivity contribution in [2.75, 3.05) is 5.75 Å². The Hall–Kier alpha value is -0.840. The lowest BCUT2D eigenvalue weighted by Gasteiger charge is -2.12. The van der Waals surface area contributed by atoms with Gasteiger partial charge in [-0.3, -0.25) is 4.79 Å². The summed E-state index contributed by atoms with van der Waals surface area (Å²) in [5, 5.41) is 0. The molecule has 0 aliphatic carbocycles. The van der Waals surface area contributed by atoms with Crippen LogP contribution < -0.4 is 0 Å². The van der Waals surface area contributed by atoms with Crippen LogP contribution in [0.2, 0.25) is 0 Å². The highest BCUT2D eigenvalue weighted by atomic mass is 32.2. The van der Waals surface area contributed by atoms with Gasteiger partial charge >= 0.3 is 5.97 Å². The van der Waals surface area contributed by atoms with E-state index in [0.29, 0.717) is 12.0 Å². The molecule has 1 rings (SSSR count). The highest BCUT2D eigenvalue weighted by Crippen LogP contribution is 2.22. The molecule has 0 aromatic rings. The maximum Gasteiger partial charge on any atom is 0.307 e. The average molecular weight is 218 g/mol. The van der Waals surface area contributed by atoms with E-state index in [0.717, 1.165) is 0 Å². The number of hydrogen-bond donors (Lipinski definition) is 0. The molecule has 4 nitrogen and oxygen atoms in total. The summed E-state index contributed by atoms with van der Waals surface area (Å²) in [6.07, 6.45) is 2.51. The Morgan fingerprint density at radius 3 is 2.71 bits per heavy atom. The van der Waals surface area contributed by atoms with Crippen molar-refractivity contribution in [1.29, 1.82) is 0 Å². The van der Waals surface area contributed by atoms with Gasteiger partial charge in [0.25, 0.3) is 0 Å². The lowest BCUT2D eigenvalue weighted by atomic mass is 10.3. The molecule has 0 aromatic heterocycles. The van der Waals surface area contributed by atoms with Crippen molar-refractivity contribution in [2.24, 2.45) is 0 Å². The van der Waals surface area contributed by atoms with Crippen molar-refractivity contribution in [3.63, 3.8) is 0 Å². The molecule has 0 amide bonds. The van der Waals surface area contributed by atoms with E-state index >= 15 is 0 Å². The second-order valence-electron chi connectivity index (χ2n) is 3.35. The minimum Gasteiger partial charge on any atom is -0.441 e. The summed E-state index contributed by atoms with van der Waals surface area (Å²) in [4.78, 5) is 11.1. The number of ether oxygens (including phenoxy) is 1. The minimum absolute atomic E-state index is 0.0249. The van der Waals surface area contributed by atoms with E-state index < -0.39 is 21.2 Å². The second kappa shape index (κ2) is 4.13. The molecule has 80 valence electrons. The molecule has 0 fully saturated rings. The van der Waals surface area contributed by atoms with Crippen LogP contribution >= 0.6 is 0 Å². The Morgan fingerprint density at radius 2 is 2.29 bits per heavy atom. The molecular formula is C9H14O4S. The normalized spacial score (nSPS) is 24.4. The monoisotopic (exact) mass is 218 g/mol. The van der Waals surface area contributed by atoms with Gasteiger partial charge in [-0.1, -0.05) is 13.0 Å². The fraction of sp³-hybridized carbons (Fsp3) is 0.667. The zero-order valence-corrected chi connectivity index (χ0v) is 9.13. The lowest BCUT2D eigenvalue weighted by molar-refractivity contribution is -0.144. The molecule has 0 spiro atoms. The Labute approximate surface area is 83.9 Å². The van der Waals surface area contributed by atoms with Crippen molar-refractivity contribution in [3.05, 3.63) is 11.6 Å². The third-order valence-corrected chi connectivity index (χ3v) is 3.78. The van der Waals surface area contributed by atoms with Gasteiger partial charge in [0.2, 0.25) is 5.44 Å². The summed E-state index contributed by atoms with van der Waals surface area (Å²) >= 11 is 0. The summed E-state index contributed by atoms with van der Waals surface area (Å²) in [6, 6.07) is 0. The zero-order valence-electron chi connectivity index (χ0n) is 8.32. The summed E-state index contributed by atoms with van der Waals surface area (Å²) in [6.45, 7) is 3.50. The van der Waals surface area contributed by atoms with E-state index in [1.807, 2.05) is 6.92 Å². The van der Waals surface area contributed by atoms with Gasteiger partial charge < -0.3 is 4.74 Å². The number of sulfone groups is 1. The molecule has 0 bridgehead atoms. The topological polar surface area (TPSA) is 60.4 Å². The number of hydrogen-bond acceptors (Lipinski definition) is 4. The van der Waals surface area contributed by atoms with Crippen molar-refractivity contribution in [3.8, 4) is 0 Å². The van der Waals surface area contributed by atoms with E-state index in [1.165, 1.54) is 0 Å². The maximum absolute atomic E-state index is 11.4. The van der Waals surface area contributed by atoms with Crippen LogP contribution in [0.4, 0.5) is 0 Å². The minimum atomic E-state index is -3.29. The number of rotatable bonds is 3. The van der Waals surface area contributed by atoms with E-state index in [4.69, 9.17) is 4.74 Å². The fourth-order valence-electron chi connectivity index (χ4n) is 1.26. The van der Waals surface area contributed by atoms with Gasteiger partial charge in [0.05, 0.1) is 5.75 Å². The van der Waals surface area contributed by atoms with E-state index in [-0.39, 0.29) is 12.2 Å². The summed E-state index contributed by atoms with van der Waals surface area (Å²) in [5.41, 5.74) is -0.434. The predicted molar refractivity (Wildman–Crippen MR) is 52.3 cm³/mol. The van der Waals surface area contributed by atoms with Crippen LogP contribution in [0.1, 0.15) is 26.7 Å². The third kappa shape index (κ3) is 2.35. The molecule has 5 heteroatoms. The van der Waals surface area contributed by atoms with E-state index in [2.05, 4.69) is 0 Å². The number of carbonyl (C=O) groups excluding carboxylic acids is 1. The molecule has 0 saturated heterocycles. The van der Waals surface area contributed by atoms with Gasteiger partial charge in [-0.05, 0) is 18.9 Å². The van der Waals surface area contributed by atoms with Crippen LogP contribution in [0.5, 0.6) is 0 Å². The molecule has 0 aromatic carbocycles. The van der Waals surface area contributed by atoms with Crippen molar-refractivity contribution >= 4 is 15.8 Å². The van der Waals surface area contributed by atoms with Gasteiger partial charge in [0, 0.05) is 6.42 Å². The van der Waals surface area contributed by atoms with Crippen molar-refractivity contribution < 1.29 is 17.9 Å². The summed E-state index contributed by atoms with van der Waals surface area (Å²) < 4.78 is 27.6. The SMILES string of the molecule is CCCC(=O)OC1C(C)=CCS1(=O)=O. The molecule has 14 heavy (non-hydrogen) atoms. The van der Waals surface area contributed by atoms with Crippen LogP contribution in [0, 0.1) is 0 Å². The van der Waals surface area contributed by atoms with Gasteiger partial charge in [-0.2, -0.15) is 0 Å². The third-order valence-electron chi connectivity index (χ3n) is 2.03. The maximum atomic E-state index is 11.4. The highest BCUT2D eigenvalue weighted by Gasteiger charge is 2.34. The van der Waals surface area contributed by atoms with Crippen molar-refractivity contribution in [2.45, 2.75) is 32.1 Å². The van der Waals surface area contributed by atoms with Crippen LogP contribution in [0.25, 0.3) is 0 Å². The first-order chi connectivity index (χ1) is 6.47. The summed E-state index contributed by atoms with van der Waals surface area (Å²) in [5.74, 6) is -0.473. The van der Waals surface area contributed by atoms with Crippen LogP contribution in [0.15, 0.2) is 11.6 Å². The molecule has 0 N–H and O–H groups in total. The first-order valence-corrected chi connectivity index (χ1v) is 6.26. The van der Waals surface area contributed by atoms with Gasteiger partial charge in [-0.25, -0.2) is 8.42 Å². The van der Waals surface area contributed by atoms with Gasteiger partial charge in [0.1, 0.15) is 0 Å². The Kier molecular flexibility index (Phi) is 3.31. The average Bonchev–Trinajstić information content (AvgIpc) is 2.32. The lowest BCUT2D eigenvalue weighted by Crippen LogP contribution is -2.25. The zero-order chi connectivity index (χ0) is 10.8. The second-order valence-corrected chi connectivity index (χ2v) is 5.44.